The largest absolute Gasteiger partial charge is 0.494 e. The van der Waals surface area contributed by atoms with E-state index in [4.69, 9.17) is 16.3 Å². The van der Waals surface area contributed by atoms with Crippen LogP contribution in [0.3, 0.4) is 0 Å². The second-order valence-electron chi connectivity index (χ2n) is 3.25. The number of ether oxygens (including phenoxy) is 1. The zero-order valence-corrected chi connectivity index (χ0v) is 9.88. The zero-order chi connectivity index (χ0) is 12.8. The molecule has 1 rings (SSSR count). The number of nitrogens with one attached hydrogen (secondary N) is 1. The van der Waals surface area contributed by atoms with Crippen molar-refractivity contribution in [2.75, 3.05) is 18.3 Å². The van der Waals surface area contributed by atoms with Crippen LogP contribution in [0.5, 0.6) is 5.75 Å². The Bertz CT molecular complexity index is 437. The summed E-state index contributed by atoms with van der Waals surface area (Å²) in [5, 5.41) is 2.39. The van der Waals surface area contributed by atoms with Crippen LogP contribution in [0, 0.1) is 5.82 Å². The van der Waals surface area contributed by atoms with E-state index < -0.39 is 17.5 Å². The molecule has 0 fully saturated rings. The molecule has 0 aliphatic heterocycles. The first-order chi connectivity index (χ1) is 8.06. The minimum Gasteiger partial charge on any atom is -0.494 e. The Morgan fingerprint density at radius 3 is 2.71 bits per heavy atom. The Hall–Kier alpha value is -1.62. The van der Waals surface area contributed by atoms with Gasteiger partial charge in [-0.25, -0.2) is 4.39 Å². The molecule has 0 saturated heterocycles. The lowest BCUT2D eigenvalue weighted by atomic mass is 10.2. The topological polar surface area (TPSA) is 55.4 Å². The van der Waals surface area contributed by atoms with Gasteiger partial charge < -0.3 is 10.1 Å². The minimum atomic E-state index is -0.589. The maximum atomic E-state index is 13.3. The van der Waals surface area contributed by atoms with Gasteiger partial charge in [-0.1, -0.05) is 0 Å². The second kappa shape index (κ2) is 6.20. The Morgan fingerprint density at radius 1 is 1.47 bits per heavy atom. The molecule has 0 spiro atoms. The molecule has 0 heterocycles. The lowest BCUT2D eigenvalue weighted by Gasteiger charge is -2.06. The molecule has 0 saturated carbocycles. The highest BCUT2D eigenvalue weighted by molar-refractivity contribution is 6.29. The molecule has 4 nitrogen and oxygen atoms in total. The summed E-state index contributed by atoms with van der Waals surface area (Å²) in [6.07, 6.45) is -0.322. The average Bonchev–Trinajstić information content (AvgIpc) is 2.29. The van der Waals surface area contributed by atoms with Gasteiger partial charge in [0.25, 0.3) is 0 Å². The third-order valence-corrected chi connectivity index (χ3v) is 2.24. The number of hydrogen-bond donors (Lipinski definition) is 1. The smallest absolute Gasteiger partial charge is 0.231 e. The molecular formula is C11H11ClFNO3. The lowest BCUT2D eigenvalue weighted by Crippen LogP contribution is -2.17. The van der Waals surface area contributed by atoms with Crippen molar-refractivity contribution in [3.8, 4) is 5.75 Å². The molecule has 92 valence electrons. The van der Waals surface area contributed by atoms with Crippen LogP contribution >= 0.6 is 11.6 Å². The summed E-state index contributed by atoms with van der Waals surface area (Å²) < 4.78 is 18.0. The van der Waals surface area contributed by atoms with Crippen molar-refractivity contribution in [2.24, 2.45) is 0 Å². The number of carbonyl (C=O) groups is 2. The van der Waals surface area contributed by atoms with Gasteiger partial charge in [0.1, 0.15) is 0 Å². The summed E-state index contributed by atoms with van der Waals surface area (Å²) in [6.45, 7) is 0. The number of anilines is 1. The number of benzene rings is 1. The molecule has 0 bridgehead atoms. The van der Waals surface area contributed by atoms with Gasteiger partial charge in [0.2, 0.25) is 5.91 Å². The minimum absolute atomic E-state index is 0.0832. The second-order valence-corrected chi connectivity index (χ2v) is 3.51. The summed E-state index contributed by atoms with van der Waals surface area (Å²) in [5.74, 6) is -1.64. The summed E-state index contributed by atoms with van der Waals surface area (Å²) in [7, 11) is 1.34. The van der Waals surface area contributed by atoms with Gasteiger partial charge in [0.05, 0.1) is 19.4 Å². The third-order valence-electron chi connectivity index (χ3n) is 1.94. The predicted octanol–water partition coefficient (Wildman–Crippen LogP) is 1.97. The molecule has 0 unspecified atom stereocenters. The van der Waals surface area contributed by atoms with Crippen LogP contribution in [0.15, 0.2) is 18.2 Å². The van der Waals surface area contributed by atoms with Crippen molar-refractivity contribution in [2.45, 2.75) is 6.42 Å². The number of amides is 1. The van der Waals surface area contributed by atoms with Crippen molar-refractivity contribution >= 4 is 29.0 Å². The fourth-order valence-corrected chi connectivity index (χ4v) is 1.27. The maximum Gasteiger partial charge on any atom is 0.231 e. The van der Waals surface area contributed by atoms with Crippen LogP contribution in [-0.2, 0) is 9.59 Å². The molecule has 17 heavy (non-hydrogen) atoms. The Morgan fingerprint density at radius 2 is 2.18 bits per heavy atom. The fraction of sp³-hybridized carbons (Fsp3) is 0.273. The van der Waals surface area contributed by atoms with Crippen molar-refractivity contribution in [3.63, 3.8) is 0 Å². The van der Waals surface area contributed by atoms with Crippen LogP contribution in [0.4, 0.5) is 10.1 Å². The van der Waals surface area contributed by atoms with Crippen molar-refractivity contribution in [1.82, 2.24) is 0 Å². The van der Waals surface area contributed by atoms with E-state index in [9.17, 15) is 14.0 Å². The van der Waals surface area contributed by atoms with Crippen molar-refractivity contribution in [3.05, 3.63) is 24.0 Å². The van der Waals surface area contributed by atoms with Gasteiger partial charge >= 0.3 is 0 Å². The number of carbonyl (C=O) groups excluding carboxylic acids is 2. The average molecular weight is 260 g/mol. The highest BCUT2D eigenvalue weighted by atomic mass is 35.5. The Kier molecular flexibility index (Phi) is 4.90. The number of methoxy groups -OCH3 is 1. The molecule has 1 amide bonds. The maximum absolute atomic E-state index is 13.3. The Balaban J connectivity index is 2.66. The first-order valence-corrected chi connectivity index (χ1v) is 5.31. The molecule has 1 aromatic carbocycles. The van der Waals surface area contributed by atoms with E-state index in [1.807, 2.05) is 0 Å². The number of rotatable bonds is 5. The van der Waals surface area contributed by atoms with Crippen LogP contribution in [0.2, 0.25) is 0 Å². The number of Topliss-reactive ketones (excluding diaryl/α,β-unsaturated/α-hetero) is 1. The lowest BCUT2D eigenvalue weighted by molar-refractivity contribution is -0.124. The number of hydrogen-bond acceptors (Lipinski definition) is 3. The van der Waals surface area contributed by atoms with Gasteiger partial charge in [-0.3, -0.25) is 9.59 Å². The van der Waals surface area contributed by atoms with Gasteiger partial charge in [-0.2, -0.15) is 0 Å². The third kappa shape index (κ3) is 4.03. The first kappa shape index (κ1) is 13.4. The highest BCUT2D eigenvalue weighted by Crippen LogP contribution is 2.20. The summed E-state index contributed by atoms with van der Waals surface area (Å²) in [6, 6.07) is 3.97. The van der Waals surface area contributed by atoms with Gasteiger partial charge in [0, 0.05) is 11.8 Å². The fourth-order valence-electron chi connectivity index (χ4n) is 1.18. The van der Waals surface area contributed by atoms with Crippen molar-refractivity contribution < 1.29 is 18.7 Å². The highest BCUT2D eigenvalue weighted by Gasteiger charge is 2.10. The van der Waals surface area contributed by atoms with E-state index in [-0.39, 0.29) is 23.7 Å². The molecular weight excluding hydrogens is 249 g/mol. The molecule has 0 aromatic heterocycles. The van der Waals surface area contributed by atoms with E-state index in [0.717, 1.165) is 6.07 Å². The van der Waals surface area contributed by atoms with Crippen LogP contribution in [0.1, 0.15) is 6.42 Å². The summed E-state index contributed by atoms with van der Waals surface area (Å²) in [5.41, 5.74) is 0.260. The quantitative estimate of drug-likeness (QED) is 0.650. The monoisotopic (exact) mass is 259 g/mol. The Labute approximate surface area is 103 Å². The summed E-state index contributed by atoms with van der Waals surface area (Å²) >= 11 is 5.26. The molecule has 0 aliphatic rings. The van der Waals surface area contributed by atoms with Gasteiger partial charge in [0.15, 0.2) is 17.3 Å². The van der Waals surface area contributed by atoms with Gasteiger partial charge in [-0.05, 0) is 12.1 Å². The van der Waals surface area contributed by atoms with Crippen LogP contribution in [0.25, 0.3) is 0 Å². The summed E-state index contributed by atoms with van der Waals surface area (Å²) in [4.78, 5) is 22.2. The molecule has 0 radical (unpaired) electrons. The van der Waals surface area contributed by atoms with E-state index in [1.54, 1.807) is 0 Å². The SMILES string of the molecule is COc1ccc(NC(=O)CC(=O)CCl)cc1F. The van der Waals surface area contributed by atoms with E-state index in [1.165, 1.54) is 19.2 Å². The van der Waals surface area contributed by atoms with E-state index in [0.29, 0.717) is 0 Å². The van der Waals surface area contributed by atoms with Crippen molar-refractivity contribution in [1.29, 1.82) is 0 Å². The number of alkyl halides is 1. The van der Waals surface area contributed by atoms with Crippen LogP contribution < -0.4 is 10.1 Å². The standard InChI is InChI=1S/C11H11ClFNO3/c1-17-10-3-2-7(4-9(10)13)14-11(16)5-8(15)6-12/h2-4H,5-6H2,1H3,(H,14,16). The first-order valence-electron chi connectivity index (χ1n) is 4.78. The van der Waals surface area contributed by atoms with E-state index >= 15 is 0 Å². The van der Waals surface area contributed by atoms with E-state index in [2.05, 4.69) is 5.32 Å². The number of halogens is 2. The molecule has 0 atom stereocenters. The molecule has 1 N–H and O–H groups in total. The predicted molar refractivity (Wildman–Crippen MR) is 61.9 cm³/mol. The van der Waals surface area contributed by atoms with Gasteiger partial charge in [-0.15, -0.1) is 11.6 Å². The molecule has 1 aromatic rings. The molecule has 0 aliphatic carbocycles. The molecule has 6 heteroatoms. The number of ketones is 1. The zero-order valence-electron chi connectivity index (χ0n) is 9.13. The van der Waals surface area contributed by atoms with Crippen LogP contribution in [-0.4, -0.2) is 24.7 Å². The normalized spacial score (nSPS) is 9.82.